The van der Waals surface area contributed by atoms with Crippen molar-refractivity contribution in [1.29, 1.82) is 0 Å². The molecule has 2 aromatic rings. The smallest absolute Gasteiger partial charge is 0.271 e. The summed E-state index contributed by atoms with van der Waals surface area (Å²) in [4.78, 5) is 0.811. The lowest BCUT2D eigenvalue weighted by atomic mass is 10.2. The van der Waals surface area contributed by atoms with Crippen LogP contribution in [0.3, 0.4) is 0 Å². The summed E-state index contributed by atoms with van der Waals surface area (Å²) in [5.74, 6) is 0. The zero-order valence-corrected chi connectivity index (χ0v) is 14.5. The van der Waals surface area contributed by atoms with Gasteiger partial charge in [-0.25, -0.2) is 8.42 Å². The lowest BCUT2D eigenvalue weighted by Gasteiger charge is -2.10. The predicted molar refractivity (Wildman–Crippen MR) is 86.9 cm³/mol. The second-order valence-corrected chi connectivity index (χ2v) is 8.45. The van der Waals surface area contributed by atoms with E-state index in [-0.39, 0.29) is 4.21 Å². The van der Waals surface area contributed by atoms with Gasteiger partial charge in [-0.1, -0.05) is 11.6 Å². The van der Waals surface area contributed by atoms with Gasteiger partial charge in [0.1, 0.15) is 4.21 Å². The van der Waals surface area contributed by atoms with Crippen LogP contribution < -0.4 is 10.5 Å². The van der Waals surface area contributed by atoms with Gasteiger partial charge < -0.3 is 5.73 Å². The van der Waals surface area contributed by atoms with Crippen LogP contribution in [0.2, 0.25) is 5.02 Å². The van der Waals surface area contributed by atoms with Gasteiger partial charge in [0.05, 0.1) is 5.69 Å². The molecule has 0 aliphatic heterocycles. The first-order valence-corrected chi connectivity index (χ1v) is 9.08. The van der Waals surface area contributed by atoms with Crippen molar-refractivity contribution in [3.63, 3.8) is 0 Å². The molecule has 1 heterocycles. The lowest BCUT2D eigenvalue weighted by Crippen LogP contribution is -2.12. The molecule has 0 spiro atoms. The number of aryl methyl sites for hydroxylation is 1. The fraction of sp³-hybridized carbons (Fsp3) is 0.167. The molecule has 1 aromatic heterocycles. The maximum Gasteiger partial charge on any atom is 0.271 e. The number of thiophene rings is 1. The average Bonchev–Trinajstić information content (AvgIpc) is 2.85. The number of rotatable bonds is 4. The Morgan fingerprint density at radius 1 is 1.40 bits per heavy atom. The Bertz CT molecular complexity index is 744. The van der Waals surface area contributed by atoms with Crippen molar-refractivity contribution < 1.29 is 8.42 Å². The monoisotopic (exact) mass is 394 g/mol. The maximum atomic E-state index is 12.3. The number of halogens is 2. The van der Waals surface area contributed by atoms with Crippen molar-refractivity contribution in [1.82, 2.24) is 0 Å². The highest BCUT2D eigenvalue weighted by atomic mass is 79.9. The number of nitrogens with one attached hydrogen (secondary N) is 1. The minimum Gasteiger partial charge on any atom is -0.326 e. The highest BCUT2D eigenvalue weighted by Crippen LogP contribution is 2.32. The van der Waals surface area contributed by atoms with Gasteiger partial charge in [-0.15, -0.1) is 11.3 Å². The SMILES string of the molecule is Cc1cc(Br)c(NS(=O)(=O)c2ccc(CN)s2)cc1Cl. The molecule has 0 atom stereocenters. The number of sulfonamides is 1. The summed E-state index contributed by atoms with van der Waals surface area (Å²) in [7, 11) is -3.63. The molecular weight excluding hydrogens is 384 g/mol. The quantitative estimate of drug-likeness (QED) is 0.828. The van der Waals surface area contributed by atoms with E-state index in [0.29, 0.717) is 21.7 Å². The van der Waals surface area contributed by atoms with Gasteiger partial charge in [0, 0.05) is 20.9 Å². The summed E-state index contributed by atoms with van der Waals surface area (Å²) in [5.41, 5.74) is 6.76. The molecule has 108 valence electrons. The van der Waals surface area contributed by atoms with Gasteiger partial charge in [0.15, 0.2) is 0 Å². The average molecular weight is 396 g/mol. The fourth-order valence-corrected chi connectivity index (χ4v) is 4.69. The van der Waals surface area contributed by atoms with Crippen molar-refractivity contribution >= 4 is 54.6 Å². The summed E-state index contributed by atoms with van der Waals surface area (Å²) in [6.45, 7) is 2.17. The van der Waals surface area contributed by atoms with Crippen LogP contribution >= 0.6 is 38.9 Å². The molecule has 3 N–H and O–H groups in total. The summed E-state index contributed by atoms with van der Waals surface area (Å²) < 4.78 is 27.9. The summed E-state index contributed by atoms with van der Waals surface area (Å²) in [5, 5.41) is 0.500. The molecule has 4 nitrogen and oxygen atoms in total. The second-order valence-electron chi connectivity index (χ2n) is 4.11. The number of hydrogen-bond acceptors (Lipinski definition) is 4. The first-order valence-electron chi connectivity index (χ1n) is 5.60. The Morgan fingerprint density at radius 3 is 2.70 bits per heavy atom. The lowest BCUT2D eigenvalue weighted by molar-refractivity contribution is 0.603. The normalized spacial score (nSPS) is 11.6. The minimum atomic E-state index is -3.63. The third kappa shape index (κ3) is 3.35. The van der Waals surface area contributed by atoms with Gasteiger partial charge in [0.2, 0.25) is 0 Å². The van der Waals surface area contributed by atoms with Gasteiger partial charge in [-0.2, -0.15) is 0 Å². The van der Waals surface area contributed by atoms with Crippen LogP contribution in [0, 0.1) is 6.92 Å². The second kappa shape index (κ2) is 6.03. The standard InChI is InChI=1S/C12H12BrClN2O2S2/c1-7-4-9(13)11(5-10(7)14)16-20(17,18)12-3-2-8(6-15)19-12/h2-5,16H,6,15H2,1H3. The van der Waals surface area contributed by atoms with Gasteiger partial charge >= 0.3 is 0 Å². The number of benzene rings is 1. The molecular formula is C12H12BrClN2O2S2. The number of anilines is 1. The van der Waals surface area contributed by atoms with E-state index in [2.05, 4.69) is 20.7 Å². The highest BCUT2D eigenvalue weighted by molar-refractivity contribution is 9.10. The first kappa shape index (κ1) is 15.8. The minimum absolute atomic E-state index is 0.224. The Balaban J connectivity index is 2.35. The Hall–Kier alpha value is -0.600. The Labute approximate surface area is 135 Å². The first-order chi connectivity index (χ1) is 9.33. The molecule has 1 aromatic carbocycles. The van der Waals surface area contributed by atoms with Crippen molar-refractivity contribution in [3.8, 4) is 0 Å². The van der Waals surface area contributed by atoms with E-state index in [1.165, 1.54) is 0 Å². The predicted octanol–water partition coefficient (Wildman–Crippen LogP) is 3.73. The molecule has 0 radical (unpaired) electrons. The van der Waals surface area contributed by atoms with Gasteiger partial charge in [0.25, 0.3) is 10.0 Å². The molecule has 0 unspecified atom stereocenters. The van der Waals surface area contributed by atoms with Crippen LogP contribution in [-0.4, -0.2) is 8.42 Å². The zero-order valence-electron chi connectivity index (χ0n) is 10.5. The van der Waals surface area contributed by atoms with Crippen LogP contribution in [0.4, 0.5) is 5.69 Å². The van der Waals surface area contributed by atoms with Crippen LogP contribution in [0.25, 0.3) is 0 Å². The molecule has 20 heavy (non-hydrogen) atoms. The molecule has 2 rings (SSSR count). The Morgan fingerprint density at radius 2 is 2.10 bits per heavy atom. The van der Waals surface area contributed by atoms with Crippen LogP contribution in [-0.2, 0) is 16.6 Å². The molecule has 0 aliphatic carbocycles. The zero-order chi connectivity index (χ0) is 14.9. The van der Waals surface area contributed by atoms with E-state index in [9.17, 15) is 8.42 Å². The molecule has 0 saturated carbocycles. The van der Waals surface area contributed by atoms with Gasteiger partial charge in [-0.3, -0.25) is 4.72 Å². The fourth-order valence-electron chi connectivity index (χ4n) is 1.53. The van der Waals surface area contributed by atoms with Gasteiger partial charge in [-0.05, 0) is 52.7 Å². The molecule has 0 fully saturated rings. The summed E-state index contributed by atoms with van der Waals surface area (Å²) >= 11 is 10.5. The molecule has 0 bridgehead atoms. The van der Waals surface area contributed by atoms with Crippen molar-refractivity contribution in [2.45, 2.75) is 17.7 Å². The van der Waals surface area contributed by atoms with Crippen molar-refractivity contribution in [3.05, 3.63) is 44.2 Å². The molecule has 0 saturated heterocycles. The topological polar surface area (TPSA) is 72.2 Å². The highest BCUT2D eigenvalue weighted by Gasteiger charge is 2.18. The van der Waals surface area contributed by atoms with E-state index in [1.807, 2.05) is 6.92 Å². The molecule has 0 amide bonds. The summed E-state index contributed by atoms with van der Waals surface area (Å²) in [6, 6.07) is 6.59. The van der Waals surface area contributed by atoms with Crippen molar-refractivity contribution in [2.24, 2.45) is 5.73 Å². The van der Waals surface area contributed by atoms with E-state index in [4.69, 9.17) is 17.3 Å². The van der Waals surface area contributed by atoms with E-state index >= 15 is 0 Å². The van der Waals surface area contributed by atoms with Crippen LogP contribution in [0.1, 0.15) is 10.4 Å². The number of hydrogen-bond donors (Lipinski definition) is 2. The molecule has 8 heteroatoms. The molecule has 0 aliphatic rings. The van der Waals surface area contributed by atoms with E-state index in [0.717, 1.165) is 21.8 Å². The van der Waals surface area contributed by atoms with E-state index < -0.39 is 10.0 Å². The number of nitrogens with two attached hydrogens (primary N) is 1. The summed E-state index contributed by atoms with van der Waals surface area (Å²) in [6.07, 6.45) is 0. The van der Waals surface area contributed by atoms with E-state index in [1.54, 1.807) is 24.3 Å². The van der Waals surface area contributed by atoms with Crippen molar-refractivity contribution in [2.75, 3.05) is 4.72 Å². The third-order valence-electron chi connectivity index (χ3n) is 2.60. The largest absolute Gasteiger partial charge is 0.326 e. The third-order valence-corrected chi connectivity index (χ3v) is 6.62. The maximum absolute atomic E-state index is 12.3. The van der Waals surface area contributed by atoms with Crippen LogP contribution in [0.15, 0.2) is 32.9 Å². The van der Waals surface area contributed by atoms with Crippen LogP contribution in [0.5, 0.6) is 0 Å². The Kier molecular flexibility index (Phi) is 4.76.